The minimum atomic E-state index is 0.523. The fraction of sp³-hybridized carbons (Fsp3) is 0.400. The lowest BCUT2D eigenvalue weighted by atomic mass is 9.94. The smallest absolute Gasteiger partial charge is 0.108 e. The Hall–Kier alpha value is -1.13. The molecule has 0 spiro atoms. The van der Waals surface area contributed by atoms with Gasteiger partial charge < -0.3 is 9.88 Å². The summed E-state index contributed by atoms with van der Waals surface area (Å²) in [5, 5.41) is 3.29. The van der Waals surface area contributed by atoms with Crippen LogP contribution in [0.5, 0.6) is 0 Å². The third kappa shape index (κ3) is 3.91. The van der Waals surface area contributed by atoms with E-state index in [1.54, 1.807) is 0 Å². The summed E-state index contributed by atoms with van der Waals surface area (Å²) in [5.41, 5.74) is 1.38. The zero-order valence-electron chi connectivity index (χ0n) is 11.4. The van der Waals surface area contributed by atoms with Gasteiger partial charge in [-0.05, 0) is 37.1 Å². The van der Waals surface area contributed by atoms with Crippen LogP contribution < -0.4 is 5.32 Å². The molecule has 0 aliphatic heterocycles. The Morgan fingerprint density at radius 1 is 1.32 bits per heavy atom. The highest BCUT2D eigenvalue weighted by Gasteiger charge is 2.12. The average Bonchev–Trinajstić information content (AvgIpc) is 2.81. The number of likely N-dealkylation sites (N-methyl/N-ethyl adjacent to an activating group) is 1. The Kier molecular flexibility index (Phi) is 5.16. The van der Waals surface area contributed by atoms with E-state index in [2.05, 4.69) is 62.1 Å². The molecule has 0 bridgehead atoms. The Morgan fingerprint density at radius 3 is 2.63 bits per heavy atom. The van der Waals surface area contributed by atoms with Crippen LogP contribution in [0.2, 0.25) is 0 Å². The Morgan fingerprint density at radius 2 is 2.05 bits per heavy atom. The number of nitrogens with zero attached hydrogens (tertiary/aromatic N) is 2. The number of imidazole rings is 1. The molecule has 0 aliphatic carbocycles. The van der Waals surface area contributed by atoms with Crippen LogP contribution in [0.3, 0.4) is 0 Å². The number of hydrogen-bond acceptors (Lipinski definition) is 2. The highest BCUT2D eigenvalue weighted by molar-refractivity contribution is 9.10. The maximum absolute atomic E-state index is 4.39. The number of benzene rings is 1. The molecule has 19 heavy (non-hydrogen) atoms. The molecule has 0 amide bonds. The van der Waals surface area contributed by atoms with E-state index in [-0.39, 0.29) is 0 Å². The van der Waals surface area contributed by atoms with Crippen molar-refractivity contribution in [3.8, 4) is 0 Å². The van der Waals surface area contributed by atoms with Gasteiger partial charge in [-0.15, -0.1) is 0 Å². The molecule has 1 N–H and O–H groups in total. The van der Waals surface area contributed by atoms with Crippen LogP contribution in [0.15, 0.2) is 41.1 Å². The van der Waals surface area contributed by atoms with Crippen LogP contribution in [-0.2, 0) is 13.5 Å². The van der Waals surface area contributed by atoms with E-state index < -0.39 is 0 Å². The topological polar surface area (TPSA) is 29.9 Å². The molecule has 1 atom stereocenters. The number of nitrogens with one attached hydrogen (secondary N) is 1. The number of rotatable bonds is 6. The van der Waals surface area contributed by atoms with Crippen LogP contribution in [-0.4, -0.2) is 23.1 Å². The average molecular weight is 322 g/mol. The van der Waals surface area contributed by atoms with E-state index in [1.165, 1.54) is 5.56 Å². The summed E-state index contributed by atoms with van der Waals surface area (Å²) in [5.74, 6) is 1.67. The third-order valence-corrected chi connectivity index (χ3v) is 3.96. The highest BCUT2D eigenvalue weighted by atomic mass is 79.9. The normalized spacial score (nSPS) is 12.6. The molecule has 1 aromatic heterocycles. The van der Waals surface area contributed by atoms with E-state index in [9.17, 15) is 0 Å². The van der Waals surface area contributed by atoms with Crippen molar-refractivity contribution in [1.82, 2.24) is 14.9 Å². The van der Waals surface area contributed by atoms with Crippen molar-refractivity contribution >= 4 is 15.9 Å². The van der Waals surface area contributed by atoms with Crippen LogP contribution >= 0.6 is 15.9 Å². The first kappa shape index (κ1) is 14.3. The van der Waals surface area contributed by atoms with Gasteiger partial charge >= 0.3 is 0 Å². The zero-order chi connectivity index (χ0) is 13.7. The molecule has 1 aromatic carbocycles. The van der Waals surface area contributed by atoms with Gasteiger partial charge in [-0.2, -0.15) is 0 Å². The van der Waals surface area contributed by atoms with Crippen molar-refractivity contribution < 1.29 is 0 Å². The van der Waals surface area contributed by atoms with Gasteiger partial charge in [-0.25, -0.2) is 4.98 Å². The van der Waals surface area contributed by atoms with Crippen molar-refractivity contribution in [2.75, 3.05) is 13.6 Å². The summed E-state index contributed by atoms with van der Waals surface area (Å²) in [7, 11) is 4.06. The molecule has 0 fully saturated rings. The van der Waals surface area contributed by atoms with Crippen LogP contribution in [0.25, 0.3) is 0 Å². The number of aryl methyl sites for hydroxylation is 2. The van der Waals surface area contributed by atoms with Gasteiger partial charge in [0.25, 0.3) is 0 Å². The van der Waals surface area contributed by atoms with Gasteiger partial charge in [0.05, 0.1) is 0 Å². The monoisotopic (exact) mass is 321 g/mol. The van der Waals surface area contributed by atoms with Crippen molar-refractivity contribution in [2.24, 2.45) is 7.05 Å². The van der Waals surface area contributed by atoms with Gasteiger partial charge in [-0.1, -0.05) is 28.1 Å². The quantitative estimate of drug-likeness (QED) is 0.886. The second-order valence-corrected chi connectivity index (χ2v) is 5.71. The molecule has 0 radical (unpaired) electrons. The summed E-state index contributed by atoms with van der Waals surface area (Å²) in [4.78, 5) is 4.39. The minimum absolute atomic E-state index is 0.523. The lowest BCUT2D eigenvalue weighted by molar-refractivity contribution is 0.568. The fourth-order valence-electron chi connectivity index (χ4n) is 2.31. The van der Waals surface area contributed by atoms with Gasteiger partial charge in [0.1, 0.15) is 5.82 Å². The first-order chi connectivity index (χ1) is 9.20. The number of hydrogen-bond donors (Lipinski definition) is 1. The maximum atomic E-state index is 4.39. The zero-order valence-corrected chi connectivity index (χ0v) is 13.0. The van der Waals surface area contributed by atoms with Crippen LogP contribution in [0.4, 0.5) is 0 Å². The minimum Gasteiger partial charge on any atom is -0.338 e. The molecule has 102 valence electrons. The first-order valence-electron chi connectivity index (χ1n) is 6.57. The van der Waals surface area contributed by atoms with Gasteiger partial charge in [0.15, 0.2) is 0 Å². The summed E-state index contributed by atoms with van der Waals surface area (Å²) in [6, 6.07) is 8.62. The molecule has 0 aliphatic rings. The van der Waals surface area contributed by atoms with Crippen molar-refractivity contribution in [2.45, 2.75) is 18.8 Å². The maximum Gasteiger partial charge on any atom is 0.108 e. The predicted octanol–water partition coefficient (Wildman–Crippen LogP) is 3.12. The van der Waals surface area contributed by atoms with Gasteiger partial charge in [0.2, 0.25) is 0 Å². The molecule has 3 nitrogen and oxygen atoms in total. The Balaban J connectivity index is 2.04. The summed E-state index contributed by atoms with van der Waals surface area (Å²) >= 11 is 3.48. The van der Waals surface area contributed by atoms with E-state index in [1.807, 2.05) is 19.4 Å². The Bertz CT molecular complexity index is 504. The van der Waals surface area contributed by atoms with E-state index in [0.717, 1.165) is 29.7 Å². The van der Waals surface area contributed by atoms with Crippen LogP contribution in [0, 0.1) is 0 Å². The van der Waals surface area contributed by atoms with Crippen molar-refractivity contribution in [1.29, 1.82) is 0 Å². The second-order valence-electron chi connectivity index (χ2n) is 4.80. The van der Waals surface area contributed by atoms with Crippen molar-refractivity contribution in [3.05, 3.63) is 52.5 Å². The SMILES string of the molecule is CNCC(CCc1nccn1C)c1ccc(Br)cc1. The van der Waals surface area contributed by atoms with Crippen molar-refractivity contribution in [3.63, 3.8) is 0 Å². The van der Waals surface area contributed by atoms with E-state index >= 15 is 0 Å². The fourth-order valence-corrected chi connectivity index (χ4v) is 2.57. The lowest BCUT2D eigenvalue weighted by Gasteiger charge is -2.17. The van der Waals surface area contributed by atoms with Gasteiger partial charge in [-0.3, -0.25) is 0 Å². The first-order valence-corrected chi connectivity index (χ1v) is 7.36. The molecule has 1 heterocycles. The molecular weight excluding hydrogens is 302 g/mol. The molecule has 0 saturated heterocycles. The molecular formula is C15H20BrN3. The summed E-state index contributed by atoms with van der Waals surface area (Å²) < 4.78 is 3.22. The molecule has 2 aromatic rings. The Labute approximate surface area is 123 Å². The second kappa shape index (κ2) is 6.87. The number of halogens is 1. The molecule has 4 heteroatoms. The summed E-state index contributed by atoms with van der Waals surface area (Å²) in [6.45, 7) is 0.992. The predicted molar refractivity (Wildman–Crippen MR) is 82.3 cm³/mol. The van der Waals surface area contributed by atoms with Gasteiger partial charge in [0, 0.05) is 36.9 Å². The number of aromatic nitrogens is 2. The molecule has 1 unspecified atom stereocenters. The molecule has 0 saturated carbocycles. The largest absolute Gasteiger partial charge is 0.338 e. The standard InChI is InChI=1S/C15H20BrN3/c1-17-11-13(12-3-6-14(16)7-4-12)5-8-15-18-9-10-19(15)2/h3-4,6-7,9-10,13,17H,5,8,11H2,1-2H3. The summed E-state index contributed by atoms with van der Waals surface area (Å²) in [6.07, 6.45) is 5.98. The highest BCUT2D eigenvalue weighted by Crippen LogP contribution is 2.22. The molecule has 2 rings (SSSR count). The third-order valence-electron chi connectivity index (χ3n) is 3.43. The van der Waals surface area contributed by atoms with E-state index in [0.29, 0.717) is 5.92 Å². The van der Waals surface area contributed by atoms with Crippen LogP contribution in [0.1, 0.15) is 23.7 Å². The van der Waals surface area contributed by atoms with E-state index in [4.69, 9.17) is 0 Å². The lowest BCUT2D eigenvalue weighted by Crippen LogP contribution is -2.18.